The van der Waals surface area contributed by atoms with Crippen molar-refractivity contribution < 1.29 is 9.47 Å². The molecule has 0 amide bonds. The Kier molecular flexibility index (Phi) is 6.27. The van der Waals surface area contributed by atoms with Crippen LogP contribution in [0.3, 0.4) is 0 Å². The Balaban J connectivity index is 1.64. The SMILES string of the molecule is COc1ccc(OC)c(Nc2nncc(NCCc3ccc(Cl)cc3)n2)c1. The maximum absolute atomic E-state index is 5.90. The summed E-state index contributed by atoms with van der Waals surface area (Å²) in [6.07, 6.45) is 2.42. The van der Waals surface area contributed by atoms with E-state index in [1.54, 1.807) is 20.4 Å². The molecule has 0 aliphatic heterocycles. The average Bonchev–Trinajstić information content (AvgIpc) is 2.70. The van der Waals surface area contributed by atoms with Gasteiger partial charge in [-0.3, -0.25) is 0 Å². The van der Waals surface area contributed by atoms with Crippen LogP contribution in [0.15, 0.2) is 48.7 Å². The highest BCUT2D eigenvalue weighted by atomic mass is 35.5. The molecular weight excluding hydrogens is 366 g/mol. The third kappa shape index (κ3) is 5.21. The Labute approximate surface area is 162 Å². The van der Waals surface area contributed by atoms with Gasteiger partial charge in [0.25, 0.3) is 0 Å². The highest BCUT2D eigenvalue weighted by Crippen LogP contribution is 2.30. The van der Waals surface area contributed by atoms with E-state index in [0.717, 1.165) is 11.4 Å². The molecule has 0 aliphatic carbocycles. The van der Waals surface area contributed by atoms with Crippen molar-refractivity contribution in [1.82, 2.24) is 15.2 Å². The van der Waals surface area contributed by atoms with Gasteiger partial charge in [-0.15, -0.1) is 5.10 Å². The van der Waals surface area contributed by atoms with Crippen LogP contribution in [-0.2, 0) is 6.42 Å². The Bertz CT molecular complexity index is 890. The van der Waals surface area contributed by atoms with Crippen molar-refractivity contribution in [2.24, 2.45) is 0 Å². The summed E-state index contributed by atoms with van der Waals surface area (Å²) in [4.78, 5) is 4.43. The molecular formula is C19H20ClN5O2. The van der Waals surface area contributed by atoms with Gasteiger partial charge in [0.2, 0.25) is 5.95 Å². The van der Waals surface area contributed by atoms with Crippen LogP contribution in [0.1, 0.15) is 5.56 Å². The largest absolute Gasteiger partial charge is 0.497 e. The zero-order valence-electron chi connectivity index (χ0n) is 15.1. The molecule has 7 nitrogen and oxygen atoms in total. The second kappa shape index (κ2) is 9.05. The van der Waals surface area contributed by atoms with E-state index in [2.05, 4.69) is 25.8 Å². The third-order valence-electron chi connectivity index (χ3n) is 3.84. The van der Waals surface area contributed by atoms with Crippen molar-refractivity contribution in [1.29, 1.82) is 0 Å². The molecule has 2 aromatic carbocycles. The molecule has 1 aromatic heterocycles. The summed E-state index contributed by atoms with van der Waals surface area (Å²) in [5.74, 6) is 2.34. The molecule has 0 spiro atoms. The smallest absolute Gasteiger partial charge is 0.249 e. The molecule has 3 aromatic rings. The number of methoxy groups -OCH3 is 2. The molecule has 0 saturated carbocycles. The van der Waals surface area contributed by atoms with Crippen molar-refractivity contribution in [2.45, 2.75) is 6.42 Å². The first kappa shape index (κ1) is 18.7. The predicted molar refractivity (Wildman–Crippen MR) is 106 cm³/mol. The molecule has 3 rings (SSSR count). The van der Waals surface area contributed by atoms with Crippen LogP contribution < -0.4 is 20.1 Å². The summed E-state index contributed by atoms with van der Waals surface area (Å²) in [7, 11) is 3.20. The van der Waals surface area contributed by atoms with Gasteiger partial charge in [-0.05, 0) is 36.2 Å². The number of nitrogens with zero attached hydrogens (tertiary/aromatic N) is 3. The lowest BCUT2D eigenvalue weighted by molar-refractivity contribution is 0.405. The lowest BCUT2D eigenvalue weighted by Gasteiger charge is -2.12. The fourth-order valence-electron chi connectivity index (χ4n) is 2.46. The monoisotopic (exact) mass is 385 g/mol. The van der Waals surface area contributed by atoms with E-state index in [-0.39, 0.29) is 0 Å². The van der Waals surface area contributed by atoms with E-state index >= 15 is 0 Å². The average molecular weight is 386 g/mol. The lowest BCUT2D eigenvalue weighted by Crippen LogP contribution is -2.09. The number of hydrogen-bond acceptors (Lipinski definition) is 7. The van der Waals surface area contributed by atoms with Crippen LogP contribution in [0.25, 0.3) is 0 Å². The van der Waals surface area contributed by atoms with E-state index in [1.165, 1.54) is 5.56 Å². The fraction of sp³-hybridized carbons (Fsp3) is 0.211. The van der Waals surface area contributed by atoms with Crippen LogP contribution in [0.4, 0.5) is 17.5 Å². The van der Waals surface area contributed by atoms with E-state index < -0.39 is 0 Å². The number of benzene rings is 2. The van der Waals surface area contributed by atoms with Gasteiger partial charge in [-0.25, -0.2) is 0 Å². The van der Waals surface area contributed by atoms with E-state index in [1.807, 2.05) is 42.5 Å². The maximum atomic E-state index is 5.90. The van der Waals surface area contributed by atoms with Crippen LogP contribution in [-0.4, -0.2) is 35.9 Å². The van der Waals surface area contributed by atoms with Crippen LogP contribution in [0.2, 0.25) is 5.02 Å². The molecule has 0 bridgehead atoms. The van der Waals surface area contributed by atoms with Crippen molar-refractivity contribution in [2.75, 3.05) is 31.4 Å². The van der Waals surface area contributed by atoms with Crippen molar-refractivity contribution in [3.63, 3.8) is 0 Å². The van der Waals surface area contributed by atoms with Gasteiger partial charge in [0.05, 0.1) is 26.1 Å². The molecule has 0 saturated heterocycles. The summed E-state index contributed by atoms with van der Waals surface area (Å²) in [6.45, 7) is 0.711. The first-order valence-corrected chi connectivity index (χ1v) is 8.73. The molecule has 0 atom stereocenters. The summed E-state index contributed by atoms with van der Waals surface area (Å²) in [5, 5.41) is 15.1. The minimum Gasteiger partial charge on any atom is -0.497 e. The molecule has 0 fully saturated rings. The number of aromatic nitrogens is 3. The molecule has 27 heavy (non-hydrogen) atoms. The number of anilines is 3. The number of nitrogens with one attached hydrogen (secondary N) is 2. The Morgan fingerprint density at radius 3 is 2.59 bits per heavy atom. The minimum atomic E-state index is 0.359. The number of ether oxygens (including phenoxy) is 2. The van der Waals surface area contributed by atoms with Gasteiger partial charge in [0.15, 0.2) is 5.82 Å². The Morgan fingerprint density at radius 1 is 1.04 bits per heavy atom. The number of rotatable bonds is 8. The van der Waals surface area contributed by atoms with E-state index in [0.29, 0.717) is 35.5 Å². The van der Waals surface area contributed by atoms with Gasteiger partial charge < -0.3 is 20.1 Å². The first-order valence-electron chi connectivity index (χ1n) is 8.35. The number of hydrogen-bond donors (Lipinski definition) is 2. The van der Waals surface area contributed by atoms with Crippen LogP contribution in [0.5, 0.6) is 11.5 Å². The van der Waals surface area contributed by atoms with Gasteiger partial charge in [-0.1, -0.05) is 23.7 Å². The van der Waals surface area contributed by atoms with Crippen molar-refractivity contribution >= 4 is 29.1 Å². The van der Waals surface area contributed by atoms with Crippen molar-refractivity contribution in [3.8, 4) is 11.5 Å². The van der Waals surface area contributed by atoms with Crippen molar-refractivity contribution in [3.05, 3.63) is 59.2 Å². The molecule has 0 unspecified atom stereocenters. The summed E-state index contributed by atoms with van der Waals surface area (Å²) in [6, 6.07) is 13.2. The Hall–Kier alpha value is -3.06. The van der Waals surface area contributed by atoms with Crippen LogP contribution >= 0.6 is 11.6 Å². The standard InChI is InChI=1S/C19H20ClN5O2/c1-26-15-7-8-17(27-2)16(11-15)23-19-24-18(12-22-25-19)21-10-9-13-3-5-14(20)6-4-13/h3-8,11-12H,9-10H2,1-2H3,(H2,21,23,24,25). The summed E-state index contributed by atoms with van der Waals surface area (Å²) >= 11 is 5.90. The van der Waals surface area contributed by atoms with Gasteiger partial charge >= 0.3 is 0 Å². The van der Waals surface area contributed by atoms with E-state index in [9.17, 15) is 0 Å². The van der Waals surface area contributed by atoms with Crippen LogP contribution in [0, 0.1) is 0 Å². The predicted octanol–water partition coefficient (Wildman–Crippen LogP) is 3.94. The van der Waals surface area contributed by atoms with Gasteiger partial charge in [0, 0.05) is 17.6 Å². The molecule has 140 valence electrons. The van der Waals surface area contributed by atoms with Gasteiger partial charge in [0.1, 0.15) is 11.5 Å². The Morgan fingerprint density at radius 2 is 1.85 bits per heavy atom. The maximum Gasteiger partial charge on any atom is 0.249 e. The second-order valence-corrected chi connectivity index (χ2v) is 6.10. The molecule has 0 aliphatic rings. The quantitative estimate of drug-likeness (QED) is 0.607. The fourth-order valence-corrected chi connectivity index (χ4v) is 2.59. The zero-order chi connectivity index (χ0) is 19.1. The highest BCUT2D eigenvalue weighted by molar-refractivity contribution is 6.30. The highest BCUT2D eigenvalue weighted by Gasteiger charge is 2.08. The van der Waals surface area contributed by atoms with Gasteiger partial charge in [-0.2, -0.15) is 10.1 Å². The zero-order valence-corrected chi connectivity index (χ0v) is 15.8. The third-order valence-corrected chi connectivity index (χ3v) is 4.10. The first-order chi connectivity index (χ1) is 13.2. The number of halogens is 1. The summed E-state index contributed by atoms with van der Waals surface area (Å²) in [5.41, 5.74) is 1.88. The molecule has 2 N–H and O–H groups in total. The normalized spacial score (nSPS) is 10.3. The topological polar surface area (TPSA) is 81.2 Å². The second-order valence-electron chi connectivity index (χ2n) is 5.66. The summed E-state index contributed by atoms with van der Waals surface area (Å²) < 4.78 is 10.6. The molecule has 1 heterocycles. The lowest BCUT2D eigenvalue weighted by atomic mass is 10.1. The molecule has 0 radical (unpaired) electrons. The van der Waals surface area contributed by atoms with E-state index in [4.69, 9.17) is 21.1 Å². The molecule has 8 heteroatoms. The minimum absolute atomic E-state index is 0.359.